The molecule has 31 heavy (non-hydrogen) atoms. The fourth-order valence-electron chi connectivity index (χ4n) is 3.33. The fraction of sp³-hybridized carbons (Fsp3) is 0.0833. The van der Waals surface area contributed by atoms with Crippen LogP contribution in [0.15, 0.2) is 72.4 Å². The minimum atomic E-state index is -0.474. The number of nitrogens with one attached hydrogen (secondary N) is 1. The van der Waals surface area contributed by atoms with Crippen molar-refractivity contribution in [3.8, 4) is 5.75 Å². The van der Waals surface area contributed by atoms with Crippen LogP contribution < -0.4 is 15.0 Å². The third-order valence-electron chi connectivity index (χ3n) is 4.97. The highest BCUT2D eigenvalue weighted by Crippen LogP contribution is 2.35. The summed E-state index contributed by atoms with van der Waals surface area (Å²) < 4.78 is 5.26. The zero-order valence-corrected chi connectivity index (χ0v) is 18.3. The molecule has 0 spiro atoms. The van der Waals surface area contributed by atoms with Gasteiger partial charge in [-0.25, -0.2) is 4.90 Å². The first-order chi connectivity index (χ1) is 14.9. The average Bonchev–Trinajstić information content (AvgIpc) is 3.00. The molecule has 0 unspecified atom stereocenters. The molecule has 1 N–H and O–H groups in total. The highest BCUT2D eigenvalue weighted by atomic mass is 35.5. The maximum Gasteiger partial charge on any atom is 0.282 e. The van der Waals surface area contributed by atoms with Gasteiger partial charge in [0, 0.05) is 21.8 Å². The van der Waals surface area contributed by atoms with Crippen molar-refractivity contribution in [3.63, 3.8) is 0 Å². The predicted molar refractivity (Wildman–Crippen MR) is 124 cm³/mol. The number of carbonyl (C=O) groups is 2. The molecule has 7 heteroatoms. The number of rotatable bonds is 5. The topological polar surface area (TPSA) is 58.6 Å². The molecule has 0 saturated heterocycles. The van der Waals surface area contributed by atoms with Crippen LogP contribution in [0.25, 0.3) is 5.57 Å². The summed E-state index contributed by atoms with van der Waals surface area (Å²) in [6.07, 6.45) is 0. The summed E-state index contributed by atoms with van der Waals surface area (Å²) >= 11 is 12.3. The standard InChI is InChI=1S/C24H18Cl2N2O3/c1-14-6-11-18(13-20(14)26)28-23(29)21(15-7-9-16(25)10-8-15)22(24(28)30)27-17-4-3-5-19(12-17)31-2/h3-13,27H,1-2H3. The van der Waals surface area contributed by atoms with Gasteiger partial charge in [0.25, 0.3) is 11.8 Å². The Kier molecular flexibility index (Phi) is 5.72. The van der Waals surface area contributed by atoms with E-state index < -0.39 is 11.8 Å². The molecule has 156 valence electrons. The number of methoxy groups -OCH3 is 1. The number of hydrogen-bond acceptors (Lipinski definition) is 4. The van der Waals surface area contributed by atoms with Gasteiger partial charge in [-0.2, -0.15) is 0 Å². The third-order valence-corrected chi connectivity index (χ3v) is 5.63. The normalized spacial score (nSPS) is 13.7. The SMILES string of the molecule is COc1cccc(NC2=C(c3ccc(Cl)cc3)C(=O)N(c3ccc(C)c(Cl)c3)C2=O)c1. The van der Waals surface area contributed by atoms with Gasteiger partial charge < -0.3 is 10.1 Å². The van der Waals surface area contributed by atoms with Crippen molar-refractivity contribution in [1.82, 2.24) is 0 Å². The first-order valence-corrected chi connectivity index (χ1v) is 10.2. The van der Waals surface area contributed by atoms with Gasteiger partial charge in [-0.1, -0.05) is 47.5 Å². The Morgan fingerprint density at radius 3 is 2.32 bits per heavy atom. The summed E-state index contributed by atoms with van der Waals surface area (Å²) in [6.45, 7) is 1.85. The van der Waals surface area contributed by atoms with E-state index >= 15 is 0 Å². The molecular weight excluding hydrogens is 435 g/mol. The summed E-state index contributed by atoms with van der Waals surface area (Å²) in [4.78, 5) is 28.0. The number of carbonyl (C=O) groups excluding carboxylic acids is 2. The lowest BCUT2D eigenvalue weighted by atomic mass is 10.0. The van der Waals surface area contributed by atoms with Gasteiger partial charge in [0.15, 0.2) is 0 Å². The van der Waals surface area contributed by atoms with Crippen molar-refractivity contribution in [2.75, 3.05) is 17.3 Å². The summed E-state index contributed by atoms with van der Waals surface area (Å²) in [6, 6.07) is 19.0. The molecule has 1 heterocycles. The number of hydrogen-bond donors (Lipinski definition) is 1. The van der Waals surface area contributed by atoms with E-state index in [1.165, 1.54) is 0 Å². The number of nitrogens with zero attached hydrogens (tertiary/aromatic N) is 1. The predicted octanol–water partition coefficient (Wildman–Crippen LogP) is 5.71. The van der Waals surface area contributed by atoms with Crippen molar-refractivity contribution < 1.29 is 14.3 Å². The van der Waals surface area contributed by atoms with Gasteiger partial charge in [-0.05, 0) is 54.4 Å². The van der Waals surface area contributed by atoms with Crippen LogP contribution in [0.3, 0.4) is 0 Å². The number of ether oxygens (including phenoxy) is 1. The van der Waals surface area contributed by atoms with Crippen LogP contribution in [-0.2, 0) is 9.59 Å². The largest absolute Gasteiger partial charge is 0.497 e. The second-order valence-electron chi connectivity index (χ2n) is 6.99. The van der Waals surface area contributed by atoms with E-state index in [1.54, 1.807) is 73.8 Å². The monoisotopic (exact) mass is 452 g/mol. The van der Waals surface area contributed by atoms with E-state index in [9.17, 15) is 9.59 Å². The van der Waals surface area contributed by atoms with E-state index in [1.807, 2.05) is 6.92 Å². The molecule has 4 rings (SSSR count). The van der Waals surface area contributed by atoms with Crippen molar-refractivity contribution in [1.29, 1.82) is 0 Å². The zero-order valence-electron chi connectivity index (χ0n) is 16.8. The molecule has 0 atom stereocenters. The Balaban J connectivity index is 1.82. The Hall–Kier alpha value is -3.28. The molecule has 0 saturated carbocycles. The highest BCUT2D eigenvalue weighted by Gasteiger charge is 2.40. The number of halogens is 2. The van der Waals surface area contributed by atoms with E-state index in [0.717, 1.165) is 10.5 Å². The van der Waals surface area contributed by atoms with Gasteiger partial charge in [-0.15, -0.1) is 0 Å². The van der Waals surface area contributed by atoms with Gasteiger partial charge in [0.1, 0.15) is 11.4 Å². The smallest absolute Gasteiger partial charge is 0.282 e. The van der Waals surface area contributed by atoms with Crippen LogP contribution in [0, 0.1) is 6.92 Å². The van der Waals surface area contributed by atoms with Crippen LogP contribution >= 0.6 is 23.2 Å². The van der Waals surface area contributed by atoms with Crippen molar-refractivity contribution in [3.05, 3.63) is 93.6 Å². The molecule has 0 aromatic heterocycles. The molecule has 0 radical (unpaired) electrons. The summed E-state index contributed by atoms with van der Waals surface area (Å²) in [5.41, 5.74) is 2.86. The Labute approximate surface area is 189 Å². The molecular formula is C24H18Cl2N2O3. The first-order valence-electron chi connectivity index (χ1n) is 9.45. The van der Waals surface area contributed by atoms with Crippen LogP contribution in [0.5, 0.6) is 5.75 Å². The lowest BCUT2D eigenvalue weighted by molar-refractivity contribution is -0.120. The van der Waals surface area contributed by atoms with E-state index in [0.29, 0.717) is 32.7 Å². The Bertz CT molecular complexity index is 1220. The lowest BCUT2D eigenvalue weighted by Crippen LogP contribution is -2.32. The molecule has 2 amide bonds. The number of aryl methyl sites for hydroxylation is 1. The summed E-state index contributed by atoms with van der Waals surface area (Å²) in [7, 11) is 1.56. The van der Waals surface area contributed by atoms with Gasteiger partial charge >= 0.3 is 0 Å². The quantitative estimate of drug-likeness (QED) is 0.503. The van der Waals surface area contributed by atoms with Crippen LogP contribution in [0.1, 0.15) is 11.1 Å². The minimum Gasteiger partial charge on any atom is -0.497 e. The van der Waals surface area contributed by atoms with Crippen LogP contribution in [0.4, 0.5) is 11.4 Å². The molecule has 1 aliphatic heterocycles. The molecule has 3 aromatic carbocycles. The molecule has 1 aliphatic rings. The van der Waals surface area contributed by atoms with Crippen molar-refractivity contribution in [2.45, 2.75) is 6.92 Å². The second kappa shape index (κ2) is 8.46. The molecule has 3 aromatic rings. The summed E-state index contributed by atoms with van der Waals surface area (Å²) in [5, 5.41) is 4.11. The van der Waals surface area contributed by atoms with Crippen LogP contribution in [0.2, 0.25) is 10.0 Å². The van der Waals surface area contributed by atoms with Crippen molar-refractivity contribution in [2.24, 2.45) is 0 Å². The fourth-order valence-corrected chi connectivity index (χ4v) is 3.63. The maximum atomic E-state index is 13.4. The zero-order chi connectivity index (χ0) is 22.1. The number of amides is 2. The minimum absolute atomic E-state index is 0.164. The lowest BCUT2D eigenvalue weighted by Gasteiger charge is -2.16. The number of anilines is 2. The maximum absolute atomic E-state index is 13.4. The highest BCUT2D eigenvalue weighted by molar-refractivity contribution is 6.46. The summed E-state index contributed by atoms with van der Waals surface area (Å²) in [5.74, 6) is -0.298. The Morgan fingerprint density at radius 2 is 1.65 bits per heavy atom. The van der Waals surface area contributed by atoms with Gasteiger partial charge in [0.05, 0.1) is 18.4 Å². The Morgan fingerprint density at radius 1 is 0.903 bits per heavy atom. The number of benzene rings is 3. The molecule has 0 aliphatic carbocycles. The second-order valence-corrected chi connectivity index (χ2v) is 7.84. The van der Waals surface area contributed by atoms with E-state index in [-0.39, 0.29) is 11.3 Å². The third kappa shape index (κ3) is 4.02. The molecule has 0 bridgehead atoms. The number of imide groups is 1. The molecule has 5 nitrogen and oxygen atoms in total. The first kappa shape index (κ1) is 21.0. The molecule has 0 fully saturated rings. The average molecular weight is 453 g/mol. The van der Waals surface area contributed by atoms with Gasteiger partial charge in [-0.3, -0.25) is 9.59 Å². The van der Waals surface area contributed by atoms with Crippen LogP contribution in [-0.4, -0.2) is 18.9 Å². The van der Waals surface area contributed by atoms with Crippen molar-refractivity contribution >= 4 is 52.0 Å². The van der Waals surface area contributed by atoms with Gasteiger partial charge in [0.2, 0.25) is 0 Å². The van der Waals surface area contributed by atoms with E-state index in [2.05, 4.69) is 5.32 Å². The van der Waals surface area contributed by atoms with E-state index in [4.69, 9.17) is 27.9 Å².